The van der Waals surface area contributed by atoms with E-state index in [4.69, 9.17) is 17.2 Å². The van der Waals surface area contributed by atoms with Crippen LogP contribution in [0, 0.1) is 13.8 Å². The predicted octanol–water partition coefficient (Wildman–Crippen LogP) is 6.25. The Balaban J connectivity index is 1.61. The fourth-order valence-electron chi connectivity index (χ4n) is 5.86. The Hall–Kier alpha value is -2.86. The summed E-state index contributed by atoms with van der Waals surface area (Å²) in [5, 5.41) is 4.37. The number of benzene rings is 1. The van der Waals surface area contributed by atoms with Gasteiger partial charge in [0, 0.05) is 49.1 Å². The van der Waals surface area contributed by atoms with Gasteiger partial charge in [-0.1, -0.05) is 25.3 Å². The number of anilines is 2. The molecule has 0 unspecified atom stereocenters. The van der Waals surface area contributed by atoms with Crippen molar-refractivity contribution >= 4 is 28.7 Å². The number of thiocarbonyl (C=S) groups is 1. The summed E-state index contributed by atoms with van der Waals surface area (Å²) >= 11 is 5.94. The average molecular weight is 474 g/mol. The first-order valence-corrected chi connectivity index (χ1v) is 12.8. The van der Waals surface area contributed by atoms with Gasteiger partial charge in [0.25, 0.3) is 0 Å². The van der Waals surface area contributed by atoms with Crippen molar-refractivity contribution in [3.05, 3.63) is 77.4 Å². The summed E-state index contributed by atoms with van der Waals surface area (Å²) < 4.78 is 2.60. The van der Waals surface area contributed by atoms with E-state index < -0.39 is 0 Å². The number of pyridine rings is 1. The minimum absolute atomic E-state index is 0.0115. The molecule has 3 aromatic rings. The highest BCUT2D eigenvalue weighted by Gasteiger charge is 2.42. The Morgan fingerprint density at radius 1 is 1.00 bits per heavy atom. The third-order valence-electron chi connectivity index (χ3n) is 7.52. The highest BCUT2D eigenvalue weighted by Crippen LogP contribution is 2.44. The van der Waals surface area contributed by atoms with Crippen molar-refractivity contribution in [3.8, 4) is 0 Å². The van der Waals surface area contributed by atoms with E-state index in [1.807, 2.05) is 12.3 Å². The Labute approximate surface area is 208 Å². The van der Waals surface area contributed by atoms with Crippen molar-refractivity contribution in [2.75, 3.05) is 23.9 Å². The molecule has 6 heteroatoms. The smallest absolute Gasteiger partial charge is 0.174 e. The number of hydrogen-bond donors (Lipinski definition) is 1. The van der Waals surface area contributed by atoms with Gasteiger partial charge in [-0.3, -0.25) is 4.98 Å². The third-order valence-corrected chi connectivity index (χ3v) is 7.84. The number of nitrogens with zero attached hydrogens (tertiary/aromatic N) is 4. The van der Waals surface area contributed by atoms with Crippen LogP contribution in [0.25, 0.3) is 0 Å². The normalized spacial score (nSPS) is 21.1. The highest BCUT2D eigenvalue weighted by atomic mass is 32.1. The zero-order chi connectivity index (χ0) is 23.8. The fourth-order valence-corrected chi connectivity index (χ4v) is 6.21. The maximum Gasteiger partial charge on any atom is 0.174 e. The first kappa shape index (κ1) is 22.9. The quantitative estimate of drug-likeness (QED) is 0.443. The second-order valence-electron chi connectivity index (χ2n) is 9.90. The molecule has 1 aromatic carbocycles. The van der Waals surface area contributed by atoms with Gasteiger partial charge in [0.2, 0.25) is 0 Å². The zero-order valence-corrected chi connectivity index (χ0v) is 21.5. The van der Waals surface area contributed by atoms with Crippen LogP contribution in [0.2, 0.25) is 0 Å². The van der Waals surface area contributed by atoms with Crippen LogP contribution in [-0.4, -0.2) is 28.8 Å². The van der Waals surface area contributed by atoms with Crippen molar-refractivity contribution in [2.45, 2.75) is 64.1 Å². The average Bonchev–Trinajstić information content (AvgIpc) is 3.35. The molecule has 1 N–H and O–H groups in total. The van der Waals surface area contributed by atoms with Crippen LogP contribution >= 0.6 is 12.2 Å². The predicted molar refractivity (Wildman–Crippen MR) is 145 cm³/mol. The number of nitrogens with one attached hydrogen (secondary N) is 1. The van der Waals surface area contributed by atoms with Crippen molar-refractivity contribution < 1.29 is 0 Å². The van der Waals surface area contributed by atoms with Gasteiger partial charge in [0.1, 0.15) is 0 Å². The molecule has 1 aliphatic heterocycles. The molecule has 2 atom stereocenters. The minimum atomic E-state index is -0.0115. The third kappa shape index (κ3) is 4.09. The molecule has 1 aliphatic carbocycles. The molecule has 0 spiro atoms. The topological polar surface area (TPSA) is 36.3 Å². The SMILES string of the molecule is Cc1cc([C@@H]2[C@@H](c3ccccn3)NC(=S)N2c2ccc(N(C)C)cc2)c(C)n1C1CCCCC1. The largest absolute Gasteiger partial charge is 0.378 e. The van der Waals surface area contributed by atoms with Gasteiger partial charge in [0.05, 0.1) is 17.8 Å². The molecule has 0 bridgehead atoms. The van der Waals surface area contributed by atoms with E-state index >= 15 is 0 Å². The summed E-state index contributed by atoms with van der Waals surface area (Å²) in [7, 11) is 4.13. The van der Waals surface area contributed by atoms with Gasteiger partial charge < -0.3 is 19.7 Å². The summed E-state index contributed by atoms with van der Waals surface area (Å²) in [6.07, 6.45) is 8.44. The van der Waals surface area contributed by atoms with Gasteiger partial charge in [-0.15, -0.1) is 0 Å². The molecule has 178 valence electrons. The van der Waals surface area contributed by atoms with E-state index in [-0.39, 0.29) is 12.1 Å². The molecule has 34 heavy (non-hydrogen) atoms. The van der Waals surface area contributed by atoms with Crippen LogP contribution < -0.4 is 15.1 Å². The van der Waals surface area contributed by atoms with E-state index in [0.29, 0.717) is 6.04 Å². The van der Waals surface area contributed by atoms with Gasteiger partial charge in [-0.25, -0.2) is 0 Å². The zero-order valence-electron chi connectivity index (χ0n) is 20.7. The van der Waals surface area contributed by atoms with Crippen LogP contribution in [0.5, 0.6) is 0 Å². The highest BCUT2D eigenvalue weighted by molar-refractivity contribution is 7.80. The van der Waals surface area contributed by atoms with Gasteiger partial charge >= 0.3 is 0 Å². The molecule has 1 saturated heterocycles. The fraction of sp³-hybridized carbons (Fsp3) is 0.429. The van der Waals surface area contributed by atoms with Crippen LogP contribution in [0.3, 0.4) is 0 Å². The summed E-state index contributed by atoms with van der Waals surface area (Å²) in [5.74, 6) is 0. The minimum Gasteiger partial charge on any atom is -0.378 e. The molecule has 2 aliphatic rings. The van der Waals surface area contributed by atoms with Crippen LogP contribution in [0.1, 0.15) is 72.9 Å². The standard InChI is InChI=1S/C28H35N5S/c1-19-18-24(20(2)32(19)22-10-6-5-7-11-22)27-26(25-12-8-9-17-29-25)30-28(34)33(27)23-15-13-21(14-16-23)31(3)4/h8-9,12-18,22,26-27H,5-7,10-11H2,1-4H3,(H,30,34)/t26-,27-/m1/s1. The van der Waals surface area contributed by atoms with Crippen molar-refractivity contribution in [3.63, 3.8) is 0 Å². The molecule has 2 aromatic heterocycles. The van der Waals surface area contributed by atoms with E-state index in [1.54, 1.807) is 0 Å². The van der Waals surface area contributed by atoms with E-state index in [2.05, 4.69) is 90.1 Å². The summed E-state index contributed by atoms with van der Waals surface area (Å²) in [5.41, 5.74) is 7.34. The van der Waals surface area contributed by atoms with Crippen molar-refractivity contribution in [2.24, 2.45) is 0 Å². The van der Waals surface area contributed by atoms with Crippen molar-refractivity contribution in [1.29, 1.82) is 0 Å². The second kappa shape index (κ2) is 9.41. The number of aryl methyl sites for hydroxylation is 1. The molecule has 0 radical (unpaired) electrons. The van der Waals surface area contributed by atoms with Gasteiger partial charge in [-0.2, -0.15) is 0 Å². The van der Waals surface area contributed by atoms with Crippen LogP contribution in [-0.2, 0) is 0 Å². The molecule has 0 amide bonds. The Morgan fingerprint density at radius 2 is 1.74 bits per heavy atom. The lowest BCUT2D eigenvalue weighted by atomic mass is 9.94. The number of aromatic nitrogens is 2. The molecule has 5 rings (SSSR count). The van der Waals surface area contributed by atoms with E-state index in [0.717, 1.165) is 16.5 Å². The van der Waals surface area contributed by atoms with Gasteiger partial charge in [0.15, 0.2) is 5.11 Å². The number of rotatable bonds is 5. The van der Waals surface area contributed by atoms with E-state index in [9.17, 15) is 0 Å². The van der Waals surface area contributed by atoms with Crippen molar-refractivity contribution in [1.82, 2.24) is 14.9 Å². The first-order chi connectivity index (χ1) is 16.5. The maximum absolute atomic E-state index is 5.94. The molecule has 5 nitrogen and oxygen atoms in total. The Bertz CT molecular complexity index is 1150. The first-order valence-electron chi connectivity index (χ1n) is 12.4. The summed E-state index contributed by atoms with van der Waals surface area (Å²) in [6, 6.07) is 17.8. The molecule has 3 heterocycles. The number of hydrogen-bond acceptors (Lipinski definition) is 3. The Morgan fingerprint density at radius 3 is 2.38 bits per heavy atom. The van der Waals surface area contributed by atoms with Crippen LogP contribution in [0.4, 0.5) is 11.4 Å². The van der Waals surface area contributed by atoms with Gasteiger partial charge in [-0.05, 0) is 86.9 Å². The van der Waals surface area contributed by atoms with E-state index in [1.165, 1.54) is 54.7 Å². The van der Waals surface area contributed by atoms with Crippen LogP contribution in [0.15, 0.2) is 54.7 Å². The second-order valence-corrected chi connectivity index (χ2v) is 10.3. The summed E-state index contributed by atoms with van der Waals surface area (Å²) in [4.78, 5) is 9.14. The molecule has 1 saturated carbocycles. The monoisotopic (exact) mass is 473 g/mol. The lowest BCUT2D eigenvalue weighted by molar-refractivity contribution is 0.345. The maximum atomic E-state index is 5.94. The molecular formula is C28H35N5S. The lowest BCUT2D eigenvalue weighted by Gasteiger charge is -2.30. The molecule has 2 fully saturated rings. The Kier molecular flexibility index (Phi) is 6.34. The lowest BCUT2D eigenvalue weighted by Crippen LogP contribution is -2.29. The summed E-state index contributed by atoms with van der Waals surface area (Å²) in [6.45, 7) is 4.55. The molecular weight excluding hydrogens is 438 g/mol.